The third-order valence-corrected chi connectivity index (χ3v) is 2.89. The predicted molar refractivity (Wildman–Crippen MR) is 66.8 cm³/mol. The van der Waals surface area contributed by atoms with Crippen LogP contribution in [0.5, 0.6) is 0 Å². The Morgan fingerprint density at radius 2 is 1.61 bits per heavy atom. The summed E-state index contributed by atoms with van der Waals surface area (Å²) in [6.45, 7) is 6.81. The standard InChI is InChI=1S/C14H20F3N/c1-4-18-13(6-5-9(2)3)10-7-11(15)14(17)12(16)8-10/h7-9,13,18H,4-6H2,1-3H3. The first-order chi connectivity index (χ1) is 8.45. The van der Waals surface area contributed by atoms with E-state index >= 15 is 0 Å². The third-order valence-electron chi connectivity index (χ3n) is 2.89. The lowest BCUT2D eigenvalue weighted by Gasteiger charge is -2.19. The van der Waals surface area contributed by atoms with Gasteiger partial charge in [-0.15, -0.1) is 0 Å². The molecule has 0 aliphatic carbocycles. The summed E-state index contributed by atoms with van der Waals surface area (Å²) in [5.74, 6) is -3.14. The fraction of sp³-hybridized carbons (Fsp3) is 0.571. The molecule has 1 atom stereocenters. The van der Waals surface area contributed by atoms with Crippen LogP contribution in [0.2, 0.25) is 0 Å². The number of rotatable bonds is 6. The van der Waals surface area contributed by atoms with Crippen molar-refractivity contribution in [3.8, 4) is 0 Å². The average molecular weight is 259 g/mol. The normalized spacial score (nSPS) is 13.1. The van der Waals surface area contributed by atoms with Crippen molar-refractivity contribution in [2.24, 2.45) is 5.92 Å². The summed E-state index contributed by atoms with van der Waals surface area (Å²) in [7, 11) is 0. The molecule has 1 aromatic rings. The molecule has 0 aliphatic heterocycles. The zero-order valence-corrected chi connectivity index (χ0v) is 11.1. The Bertz CT molecular complexity index is 368. The van der Waals surface area contributed by atoms with Gasteiger partial charge in [0.15, 0.2) is 17.5 Å². The van der Waals surface area contributed by atoms with Crippen molar-refractivity contribution in [3.63, 3.8) is 0 Å². The van der Waals surface area contributed by atoms with E-state index in [1.165, 1.54) is 0 Å². The predicted octanol–water partition coefficient (Wildman–Crippen LogP) is 4.19. The summed E-state index contributed by atoms with van der Waals surface area (Å²) in [5, 5.41) is 3.17. The van der Waals surface area contributed by atoms with Gasteiger partial charge in [0, 0.05) is 6.04 Å². The fourth-order valence-corrected chi connectivity index (χ4v) is 1.91. The molecule has 1 aromatic carbocycles. The highest BCUT2D eigenvalue weighted by atomic mass is 19.2. The highest BCUT2D eigenvalue weighted by Gasteiger charge is 2.17. The number of hydrogen-bond acceptors (Lipinski definition) is 1. The van der Waals surface area contributed by atoms with Crippen molar-refractivity contribution in [2.75, 3.05) is 6.54 Å². The molecule has 0 saturated heterocycles. The van der Waals surface area contributed by atoms with Crippen LogP contribution in [-0.2, 0) is 0 Å². The zero-order valence-electron chi connectivity index (χ0n) is 11.1. The van der Waals surface area contributed by atoms with Gasteiger partial charge in [-0.3, -0.25) is 0 Å². The Morgan fingerprint density at radius 3 is 2.06 bits per heavy atom. The molecular formula is C14H20F3N. The molecule has 1 N–H and O–H groups in total. The molecule has 0 aromatic heterocycles. The lowest BCUT2D eigenvalue weighted by atomic mass is 9.97. The molecular weight excluding hydrogens is 239 g/mol. The van der Waals surface area contributed by atoms with E-state index < -0.39 is 17.5 Å². The maximum absolute atomic E-state index is 13.2. The number of benzene rings is 1. The summed E-state index contributed by atoms with van der Waals surface area (Å²) in [6.07, 6.45) is 1.72. The van der Waals surface area contributed by atoms with E-state index in [4.69, 9.17) is 0 Å². The summed E-state index contributed by atoms with van der Waals surface area (Å²) in [5.41, 5.74) is 0.467. The second kappa shape index (κ2) is 6.78. The number of halogens is 3. The second-order valence-electron chi connectivity index (χ2n) is 4.88. The van der Waals surface area contributed by atoms with Crippen LogP contribution in [0.1, 0.15) is 45.2 Å². The number of nitrogens with one attached hydrogen (secondary N) is 1. The Morgan fingerprint density at radius 1 is 1.06 bits per heavy atom. The first-order valence-corrected chi connectivity index (χ1v) is 6.33. The van der Waals surface area contributed by atoms with Crippen LogP contribution in [0.15, 0.2) is 12.1 Å². The quantitative estimate of drug-likeness (QED) is 0.755. The first kappa shape index (κ1) is 15.0. The average Bonchev–Trinajstić information content (AvgIpc) is 2.30. The highest BCUT2D eigenvalue weighted by Crippen LogP contribution is 2.24. The summed E-state index contributed by atoms with van der Waals surface area (Å²) in [6, 6.07) is 2.01. The van der Waals surface area contributed by atoms with Gasteiger partial charge in [0.25, 0.3) is 0 Å². The van der Waals surface area contributed by atoms with Gasteiger partial charge in [-0.1, -0.05) is 20.8 Å². The van der Waals surface area contributed by atoms with Gasteiger partial charge in [-0.05, 0) is 43.0 Å². The van der Waals surface area contributed by atoms with Gasteiger partial charge in [-0.2, -0.15) is 0 Å². The minimum absolute atomic E-state index is 0.137. The molecule has 1 unspecified atom stereocenters. The van der Waals surface area contributed by atoms with Crippen LogP contribution < -0.4 is 5.32 Å². The SMILES string of the molecule is CCNC(CCC(C)C)c1cc(F)c(F)c(F)c1. The first-order valence-electron chi connectivity index (χ1n) is 6.33. The molecule has 0 amide bonds. The van der Waals surface area contributed by atoms with Crippen LogP contribution in [0.25, 0.3) is 0 Å². The summed E-state index contributed by atoms with van der Waals surface area (Å²) >= 11 is 0. The molecule has 0 aliphatic rings. The van der Waals surface area contributed by atoms with Gasteiger partial charge >= 0.3 is 0 Å². The maximum atomic E-state index is 13.2. The van der Waals surface area contributed by atoms with Crippen molar-refractivity contribution in [1.82, 2.24) is 5.32 Å². The molecule has 18 heavy (non-hydrogen) atoms. The minimum atomic E-state index is -1.40. The van der Waals surface area contributed by atoms with E-state index in [0.717, 1.165) is 25.0 Å². The Kier molecular flexibility index (Phi) is 5.66. The monoisotopic (exact) mass is 259 g/mol. The van der Waals surface area contributed by atoms with Crippen LogP contribution in [0, 0.1) is 23.4 Å². The van der Waals surface area contributed by atoms with Crippen molar-refractivity contribution >= 4 is 0 Å². The Labute approximate surface area is 106 Å². The van der Waals surface area contributed by atoms with Crippen molar-refractivity contribution < 1.29 is 13.2 Å². The molecule has 0 fully saturated rings. The molecule has 0 spiro atoms. The maximum Gasteiger partial charge on any atom is 0.194 e. The molecule has 1 nitrogen and oxygen atoms in total. The van der Waals surface area contributed by atoms with Crippen molar-refractivity contribution in [1.29, 1.82) is 0 Å². The Hall–Kier alpha value is -1.03. The van der Waals surface area contributed by atoms with E-state index in [2.05, 4.69) is 19.2 Å². The van der Waals surface area contributed by atoms with Gasteiger partial charge in [0.05, 0.1) is 0 Å². The topological polar surface area (TPSA) is 12.0 Å². The Balaban J connectivity index is 2.91. The molecule has 4 heteroatoms. The van der Waals surface area contributed by atoms with Crippen molar-refractivity contribution in [3.05, 3.63) is 35.1 Å². The van der Waals surface area contributed by atoms with E-state index in [1.54, 1.807) is 0 Å². The van der Waals surface area contributed by atoms with Crippen LogP contribution in [-0.4, -0.2) is 6.54 Å². The summed E-state index contributed by atoms with van der Waals surface area (Å²) < 4.78 is 39.3. The molecule has 0 bridgehead atoms. The van der Waals surface area contributed by atoms with Gasteiger partial charge in [0.2, 0.25) is 0 Å². The van der Waals surface area contributed by atoms with Crippen LogP contribution in [0.3, 0.4) is 0 Å². The van der Waals surface area contributed by atoms with Crippen LogP contribution in [0.4, 0.5) is 13.2 Å². The third kappa shape index (κ3) is 4.02. The molecule has 0 saturated carbocycles. The highest BCUT2D eigenvalue weighted by molar-refractivity contribution is 5.22. The molecule has 0 radical (unpaired) electrons. The van der Waals surface area contributed by atoms with E-state index in [9.17, 15) is 13.2 Å². The largest absolute Gasteiger partial charge is 0.310 e. The molecule has 0 heterocycles. The lowest BCUT2D eigenvalue weighted by Crippen LogP contribution is -2.22. The smallest absolute Gasteiger partial charge is 0.194 e. The zero-order chi connectivity index (χ0) is 13.7. The lowest BCUT2D eigenvalue weighted by molar-refractivity contribution is 0.424. The number of hydrogen-bond donors (Lipinski definition) is 1. The van der Waals surface area contributed by atoms with E-state index in [-0.39, 0.29) is 6.04 Å². The minimum Gasteiger partial charge on any atom is -0.310 e. The van der Waals surface area contributed by atoms with Crippen molar-refractivity contribution in [2.45, 2.75) is 39.7 Å². The second-order valence-corrected chi connectivity index (χ2v) is 4.88. The molecule has 102 valence electrons. The van der Waals surface area contributed by atoms with Gasteiger partial charge in [-0.25, -0.2) is 13.2 Å². The van der Waals surface area contributed by atoms with Crippen LogP contribution >= 0.6 is 0 Å². The summed E-state index contributed by atoms with van der Waals surface area (Å²) in [4.78, 5) is 0. The van der Waals surface area contributed by atoms with E-state index in [0.29, 0.717) is 18.0 Å². The van der Waals surface area contributed by atoms with Gasteiger partial charge in [0.1, 0.15) is 0 Å². The molecule has 1 rings (SSSR count). The van der Waals surface area contributed by atoms with Gasteiger partial charge < -0.3 is 5.32 Å². The fourth-order valence-electron chi connectivity index (χ4n) is 1.91. The van der Waals surface area contributed by atoms with E-state index in [1.807, 2.05) is 6.92 Å².